The van der Waals surface area contributed by atoms with Crippen molar-refractivity contribution >= 4 is 17.6 Å². The highest BCUT2D eigenvalue weighted by atomic mass is 32.1. The SMILES string of the molecule is CCOC(C)=O.Cc1cccc(C)c1-c1cccc(COc2ccc([S+]=O)cc2)c1. The van der Waals surface area contributed by atoms with Gasteiger partial charge in [0.1, 0.15) is 12.4 Å². The highest BCUT2D eigenvalue weighted by Crippen LogP contribution is 2.28. The molecule has 0 saturated heterocycles. The van der Waals surface area contributed by atoms with E-state index in [1.165, 1.54) is 29.2 Å². The summed E-state index contributed by atoms with van der Waals surface area (Å²) in [6, 6.07) is 22.0. The molecule has 0 N–H and O–H groups in total. The molecule has 30 heavy (non-hydrogen) atoms. The second-order valence-electron chi connectivity index (χ2n) is 6.74. The van der Waals surface area contributed by atoms with Crippen LogP contribution in [0.5, 0.6) is 5.75 Å². The zero-order valence-corrected chi connectivity index (χ0v) is 18.6. The molecular weight excluding hydrogens is 396 g/mol. The molecule has 0 atom stereocenters. The average molecular weight is 424 g/mol. The molecule has 0 amide bonds. The number of hydrogen-bond acceptors (Lipinski definition) is 4. The molecule has 0 aliphatic rings. The summed E-state index contributed by atoms with van der Waals surface area (Å²) in [5.41, 5.74) is 6.18. The fourth-order valence-corrected chi connectivity index (χ4v) is 3.29. The van der Waals surface area contributed by atoms with Gasteiger partial charge in [-0.3, -0.25) is 4.79 Å². The molecule has 156 valence electrons. The Kier molecular flexibility index (Phi) is 9.16. The van der Waals surface area contributed by atoms with E-state index in [9.17, 15) is 9.00 Å². The summed E-state index contributed by atoms with van der Waals surface area (Å²) in [4.78, 5) is 10.5. The first-order valence-electron chi connectivity index (χ1n) is 9.76. The molecule has 0 heterocycles. The van der Waals surface area contributed by atoms with Gasteiger partial charge in [0.15, 0.2) is 0 Å². The molecule has 0 aliphatic carbocycles. The molecule has 5 heteroatoms. The van der Waals surface area contributed by atoms with Crippen LogP contribution in [-0.2, 0) is 32.0 Å². The van der Waals surface area contributed by atoms with Gasteiger partial charge in [0, 0.05) is 23.3 Å². The van der Waals surface area contributed by atoms with Crippen molar-refractivity contribution in [1.29, 1.82) is 0 Å². The van der Waals surface area contributed by atoms with Gasteiger partial charge in [-0.05, 0) is 66.8 Å². The third-order valence-corrected chi connectivity index (χ3v) is 4.83. The third kappa shape index (κ3) is 7.08. The zero-order valence-electron chi connectivity index (χ0n) is 17.8. The third-order valence-electron chi connectivity index (χ3n) is 4.37. The topological polar surface area (TPSA) is 52.6 Å². The van der Waals surface area contributed by atoms with Crippen LogP contribution in [0.4, 0.5) is 0 Å². The van der Waals surface area contributed by atoms with E-state index in [-0.39, 0.29) is 5.97 Å². The summed E-state index contributed by atoms with van der Waals surface area (Å²) in [6.45, 7) is 8.44. The van der Waals surface area contributed by atoms with Crippen molar-refractivity contribution < 1.29 is 18.5 Å². The molecule has 3 aromatic rings. The van der Waals surface area contributed by atoms with E-state index in [0.29, 0.717) is 29.8 Å². The van der Waals surface area contributed by atoms with E-state index in [1.807, 2.05) is 12.1 Å². The van der Waals surface area contributed by atoms with E-state index >= 15 is 0 Å². The minimum absolute atomic E-state index is 0.211. The summed E-state index contributed by atoms with van der Waals surface area (Å²) in [7, 11) is 0. The Morgan fingerprint density at radius 1 is 0.933 bits per heavy atom. The number of carbonyl (C=O) groups is 1. The van der Waals surface area contributed by atoms with Gasteiger partial charge < -0.3 is 9.47 Å². The summed E-state index contributed by atoms with van der Waals surface area (Å²) >= 11 is 0.489. The first-order chi connectivity index (χ1) is 14.4. The lowest BCUT2D eigenvalue weighted by atomic mass is 9.95. The Morgan fingerprint density at radius 3 is 2.10 bits per heavy atom. The van der Waals surface area contributed by atoms with Crippen molar-refractivity contribution in [2.45, 2.75) is 39.2 Å². The maximum Gasteiger partial charge on any atom is 0.505 e. The van der Waals surface area contributed by atoms with Gasteiger partial charge in [-0.15, -0.1) is 0 Å². The lowest BCUT2D eigenvalue weighted by Gasteiger charge is -2.12. The quantitative estimate of drug-likeness (QED) is 0.365. The van der Waals surface area contributed by atoms with Crippen LogP contribution in [0.1, 0.15) is 30.5 Å². The minimum atomic E-state index is -0.211. The molecule has 4 nitrogen and oxygen atoms in total. The van der Waals surface area contributed by atoms with Gasteiger partial charge in [-0.2, -0.15) is 0 Å². The van der Waals surface area contributed by atoms with Crippen molar-refractivity contribution in [2.75, 3.05) is 6.61 Å². The first-order valence-corrected chi connectivity index (χ1v) is 10.5. The van der Waals surface area contributed by atoms with Crippen LogP contribution in [0.2, 0.25) is 0 Å². The highest BCUT2D eigenvalue weighted by molar-refractivity contribution is 7.65. The number of hydrogen-bond donors (Lipinski definition) is 0. The maximum atomic E-state index is 10.7. The number of rotatable bonds is 6. The number of benzene rings is 3. The van der Waals surface area contributed by atoms with Crippen molar-refractivity contribution in [3.8, 4) is 16.9 Å². The molecule has 3 aromatic carbocycles. The van der Waals surface area contributed by atoms with Crippen molar-refractivity contribution in [1.82, 2.24) is 0 Å². The summed E-state index contributed by atoms with van der Waals surface area (Å²) < 4.78 is 21.0. The monoisotopic (exact) mass is 423 g/mol. The summed E-state index contributed by atoms with van der Waals surface area (Å²) in [5.74, 6) is 0.558. The van der Waals surface area contributed by atoms with Crippen molar-refractivity contribution in [3.05, 3.63) is 83.4 Å². The number of aryl methyl sites for hydroxylation is 2. The van der Waals surface area contributed by atoms with Crippen LogP contribution in [0.25, 0.3) is 11.1 Å². The Morgan fingerprint density at radius 2 is 1.57 bits per heavy atom. The summed E-state index contributed by atoms with van der Waals surface area (Å²) in [6.07, 6.45) is 0. The normalized spacial score (nSPS) is 9.87. The van der Waals surface area contributed by atoms with Crippen LogP contribution in [0, 0.1) is 13.8 Å². The van der Waals surface area contributed by atoms with E-state index in [0.717, 1.165) is 11.3 Å². The number of ether oxygens (including phenoxy) is 2. The molecule has 0 aliphatic heterocycles. The predicted molar refractivity (Wildman–Crippen MR) is 121 cm³/mol. The van der Waals surface area contributed by atoms with E-state index in [4.69, 9.17) is 4.74 Å². The maximum absolute atomic E-state index is 10.7. The van der Waals surface area contributed by atoms with Gasteiger partial charge in [-0.25, -0.2) is 0 Å². The Hall–Kier alpha value is -3.05. The average Bonchev–Trinajstić information content (AvgIpc) is 2.73. The van der Waals surface area contributed by atoms with Gasteiger partial charge in [0.25, 0.3) is 4.90 Å². The molecule has 0 unspecified atom stereocenters. The first kappa shape index (κ1) is 23.2. The molecular formula is C25H27O4S+. The largest absolute Gasteiger partial charge is 0.505 e. The Balaban J connectivity index is 0.000000469. The minimum Gasteiger partial charge on any atom is -0.489 e. The van der Waals surface area contributed by atoms with Gasteiger partial charge in [-0.1, -0.05) is 36.4 Å². The van der Waals surface area contributed by atoms with Gasteiger partial charge >= 0.3 is 17.6 Å². The Labute approximate surface area is 182 Å². The fraction of sp³-hybridized carbons (Fsp3) is 0.240. The molecule has 0 saturated carbocycles. The zero-order chi connectivity index (χ0) is 21.9. The van der Waals surface area contributed by atoms with Crippen LogP contribution in [0.3, 0.4) is 0 Å². The molecule has 0 radical (unpaired) electrons. The standard InChI is InChI=1S/C21H19O2S.C4H8O2/c1-15-5-3-6-16(2)21(15)18-8-4-7-17(13-18)14-23-19-9-11-20(24-22)12-10-19;1-3-6-4(2)5/h3-13H,14H2,1-2H3;3H2,1-2H3/q+1;. The van der Waals surface area contributed by atoms with Crippen molar-refractivity contribution in [3.63, 3.8) is 0 Å². The summed E-state index contributed by atoms with van der Waals surface area (Å²) in [5, 5.41) is 0. The van der Waals surface area contributed by atoms with Crippen LogP contribution >= 0.6 is 0 Å². The van der Waals surface area contributed by atoms with Crippen LogP contribution in [0.15, 0.2) is 71.6 Å². The lowest BCUT2D eigenvalue weighted by molar-refractivity contribution is -0.140. The van der Waals surface area contributed by atoms with Crippen molar-refractivity contribution in [2.24, 2.45) is 0 Å². The predicted octanol–water partition coefficient (Wildman–Crippen LogP) is 5.91. The van der Waals surface area contributed by atoms with Gasteiger partial charge in [0.2, 0.25) is 0 Å². The molecule has 3 rings (SSSR count). The van der Waals surface area contributed by atoms with E-state index in [1.54, 1.807) is 19.1 Å². The molecule has 0 aromatic heterocycles. The number of carbonyl (C=O) groups excluding carboxylic acids is 1. The fourth-order valence-electron chi connectivity index (χ4n) is 3.05. The molecule has 0 bridgehead atoms. The molecule has 0 spiro atoms. The van der Waals surface area contributed by atoms with E-state index < -0.39 is 0 Å². The lowest BCUT2D eigenvalue weighted by Crippen LogP contribution is -1.96. The second kappa shape index (κ2) is 11.8. The van der Waals surface area contributed by atoms with Crippen LogP contribution in [-0.4, -0.2) is 12.6 Å². The number of esters is 1. The Bertz CT molecular complexity index is 960. The highest BCUT2D eigenvalue weighted by Gasteiger charge is 2.07. The van der Waals surface area contributed by atoms with Crippen LogP contribution < -0.4 is 4.74 Å². The second-order valence-corrected chi connectivity index (χ2v) is 7.37. The smallest absolute Gasteiger partial charge is 0.489 e. The molecule has 0 fully saturated rings. The van der Waals surface area contributed by atoms with E-state index in [2.05, 4.69) is 61.0 Å². The van der Waals surface area contributed by atoms with Gasteiger partial charge in [0.05, 0.1) is 6.61 Å².